The first kappa shape index (κ1) is 20.1. The Labute approximate surface area is 171 Å². The van der Waals surface area contributed by atoms with Gasteiger partial charge in [0.1, 0.15) is 6.26 Å². The van der Waals surface area contributed by atoms with Crippen molar-refractivity contribution in [3.8, 4) is 0 Å². The fourth-order valence-corrected chi connectivity index (χ4v) is 4.64. The van der Waals surface area contributed by atoms with E-state index in [0.717, 1.165) is 12.8 Å². The molecule has 0 radical (unpaired) electrons. The van der Waals surface area contributed by atoms with Crippen LogP contribution in [0.2, 0.25) is 0 Å². The van der Waals surface area contributed by atoms with Crippen molar-refractivity contribution in [1.29, 1.82) is 0 Å². The van der Waals surface area contributed by atoms with Gasteiger partial charge in [0, 0.05) is 36.8 Å². The maximum atomic E-state index is 13.1. The zero-order chi connectivity index (χ0) is 21.3. The van der Waals surface area contributed by atoms with Gasteiger partial charge in [0.2, 0.25) is 5.91 Å². The van der Waals surface area contributed by atoms with Gasteiger partial charge in [-0.25, -0.2) is 4.79 Å². The van der Waals surface area contributed by atoms with Crippen molar-refractivity contribution in [3.63, 3.8) is 0 Å². The topological polar surface area (TPSA) is 140 Å². The number of fused-ring (bicyclic) bond motifs is 1. The van der Waals surface area contributed by atoms with Crippen LogP contribution in [0.3, 0.4) is 0 Å². The fraction of sp³-hybridized carbons (Fsp3) is 0.500. The standard InChI is InChI=1S/C20H24N4O6/c25-12-20-3-1-5-24(16(26)8-14-9-21-19(29)22-17(14)27)15(20)10-23(6-4-20)18(28)13-2-7-30-11-13/h2,7,9,11,15,25H,1,3-6,8,10,12H2,(H2,21,22,27,29)/t15-,20-/m0/s1. The van der Waals surface area contributed by atoms with Gasteiger partial charge in [0.15, 0.2) is 0 Å². The highest BCUT2D eigenvalue weighted by molar-refractivity contribution is 5.94. The van der Waals surface area contributed by atoms with Crippen LogP contribution in [0.25, 0.3) is 0 Å². The molecule has 3 N–H and O–H groups in total. The van der Waals surface area contributed by atoms with Gasteiger partial charge < -0.3 is 24.3 Å². The lowest BCUT2D eigenvalue weighted by atomic mass is 9.68. The number of likely N-dealkylation sites (tertiary alicyclic amines) is 2. The first-order valence-electron chi connectivity index (χ1n) is 9.96. The van der Waals surface area contributed by atoms with E-state index < -0.39 is 16.7 Å². The summed E-state index contributed by atoms with van der Waals surface area (Å²) in [5.41, 5.74) is -1.09. The van der Waals surface area contributed by atoms with Gasteiger partial charge in [-0.05, 0) is 25.3 Å². The molecule has 0 aromatic carbocycles. The third-order valence-corrected chi connectivity index (χ3v) is 6.36. The second kappa shape index (κ2) is 7.94. The Morgan fingerprint density at radius 2 is 2.10 bits per heavy atom. The lowest BCUT2D eigenvalue weighted by Crippen LogP contribution is -2.64. The van der Waals surface area contributed by atoms with Crippen LogP contribution >= 0.6 is 0 Å². The van der Waals surface area contributed by atoms with Crippen LogP contribution in [-0.4, -0.2) is 69.0 Å². The normalized spacial score (nSPS) is 23.8. The van der Waals surface area contributed by atoms with Crippen molar-refractivity contribution in [2.24, 2.45) is 5.41 Å². The number of hydrogen-bond acceptors (Lipinski definition) is 6. The molecule has 2 atom stereocenters. The molecule has 0 saturated carbocycles. The number of nitrogens with one attached hydrogen (secondary N) is 2. The molecular weight excluding hydrogens is 392 g/mol. The van der Waals surface area contributed by atoms with E-state index in [4.69, 9.17) is 4.42 Å². The van der Waals surface area contributed by atoms with Crippen molar-refractivity contribution < 1.29 is 19.1 Å². The number of rotatable bonds is 4. The number of carbonyl (C=O) groups excluding carboxylic acids is 2. The first-order valence-corrected chi connectivity index (χ1v) is 9.96. The number of hydrogen-bond donors (Lipinski definition) is 3. The predicted molar refractivity (Wildman–Crippen MR) is 105 cm³/mol. The minimum absolute atomic E-state index is 0.0750. The average Bonchev–Trinajstić information content (AvgIpc) is 3.29. The van der Waals surface area contributed by atoms with Crippen molar-refractivity contribution in [3.05, 3.63) is 56.8 Å². The lowest BCUT2D eigenvalue weighted by Gasteiger charge is -2.54. The van der Waals surface area contributed by atoms with Crippen LogP contribution in [0.1, 0.15) is 35.2 Å². The van der Waals surface area contributed by atoms with Crippen LogP contribution in [0, 0.1) is 5.41 Å². The highest BCUT2D eigenvalue weighted by Gasteiger charge is 2.49. The van der Waals surface area contributed by atoms with Gasteiger partial charge in [-0.2, -0.15) is 0 Å². The number of aromatic nitrogens is 2. The fourth-order valence-electron chi connectivity index (χ4n) is 4.64. The van der Waals surface area contributed by atoms with Crippen molar-refractivity contribution in [2.45, 2.75) is 31.7 Å². The highest BCUT2D eigenvalue weighted by atomic mass is 16.3. The largest absolute Gasteiger partial charge is 0.472 e. The van der Waals surface area contributed by atoms with Crippen molar-refractivity contribution >= 4 is 11.8 Å². The molecule has 0 spiro atoms. The van der Waals surface area contributed by atoms with Crippen LogP contribution in [0.15, 0.2) is 38.8 Å². The number of amides is 2. The summed E-state index contributed by atoms with van der Waals surface area (Å²) in [6.45, 7) is 1.20. The van der Waals surface area contributed by atoms with Crippen LogP contribution < -0.4 is 11.2 Å². The summed E-state index contributed by atoms with van der Waals surface area (Å²) in [6.07, 6.45) is 6.00. The summed E-state index contributed by atoms with van der Waals surface area (Å²) >= 11 is 0. The van der Waals surface area contributed by atoms with E-state index in [2.05, 4.69) is 9.97 Å². The molecular formula is C20H24N4O6. The number of piperidine rings is 2. The molecule has 2 saturated heterocycles. The number of H-pyrrole nitrogens is 2. The van der Waals surface area contributed by atoms with Crippen LogP contribution in [-0.2, 0) is 11.2 Å². The maximum Gasteiger partial charge on any atom is 0.325 e. The molecule has 2 aromatic rings. The molecule has 0 bridgehead atoms. The number of carbonyl (C=O) groups is 2. The SMILES string of the molecule is O=C(c1ccoc1)N1CC[C@]2(CO)CCCN(C(=O)Cc3c[nH]c(=O)[nH]c3=O)[C@H]2C1. The van der Waals surface area contributed by atoms with Gasteiger partial charge in [0.25, 0.3) is 11.5 Å². The Hall–Kier alpha value is -3.14. The zero-order valence-corrected chi connectivity index (χ0v) is 16.4. The number of furan rings is 1. The Bertz CT molecular complexity index is 1040. The Morgan fingerprint density at radius 1 is 1.27 bits per heavy atom. The van der Waals surface area contributed by atoms with E-state index in [1.54, 1.807) is 15.9 Å². The molecule has 4 rings (SSSR count). The molecule has 2 fully saturated rings. The number of aromatic amines is 2. The van der Waals surface area contributed by atoms with Crippen molar-refractivity contribution in [2.75, 3.05) is 26.2 Å². The van der Waals surface area contributed by atoms with E-state index in [1.165, 1.54) is 18.7 Å². The Kier molecular flexibility index (Phi) is 5.33. The summed E-state index contributed by atoms with van der Waals surface area (Å²) in [5, 5.41) is 10.2. The molecule has 0 aliphatic carbocycles. The quantitative estimate of drug-likeness (QED) is 0.626. The second-order valence-corrected chi connectivity index (χ2v) is 8.01. The van der Waals surface area contributed by atoms with Crippen LogP contribution in [0.5, 0.6) is 0 Å². The van der Waals surface area contributed by atoms with Gasteiger partial charge in [0.05, 0.1) is 30.9 Å². The first-order chi connectivity index (χ1) is 14.4. The molecule has 2 aliphatic rings. The van der Waals surface area contributed by atoms with E-state index in [1.807, 2.05) is 0 Å². The number of aliphatic hydroxyl groups is 1. The third-order valence-electron chi connectivity index (χ3n) is 6.36. The monoisotopic (exact) mass is 416 g/mol. The minimum atomic E-state index is -0.630. The van der Waals surface area contributed by atoms with Gasteiger partial charge in [-0.3, -0.25) is 19.4 Å². The van der Waals surface area contributed by atoms with Gasteiger partial charge >= 0.3 is 5.69 Å². The molecule has 10 nitrogen and oxygen atoms in total. The molecule has 2 aliphatic heterocycles. The molecule has 0 unspecified atom stereocenters. The van der Waals surface area contributed by atoms with Crippen LogP contribution in [0.4, 0.5) is 0 Å². The number of nitrogens with zero attached hydrogens (tertiary/aromatic N) is 2. The Morgan fingerprint density at radius 3 is 2.80 bits per heavy atom. The average molecular weight is 416 g/mol. The zero-order valence-electron chi connectivity index (χ0n) is 16.4. The van der Waals surface area contributed by atoms with E-state index >= 15 is 0 Å². The highest BCUT2D eigenvalue weighted by Crippen LogP contribution is 2.42. The molecule has 2 aromatic heterocycles. The van der Waals surface area contributed by atoms with Gasteiger partial charge in [-0.1, -0.05) is 0 Å². The summed E-state index contributed by atoms with van der Waals surface area (Å²) < 4.78 is 5.01. The van der Waals surface area contributed by atoms with E-state index in [-0.39, 0.29) is 36.4 Å². The molecule has 10 heteroatoms. The van der Waals surface area contributed by atoms with E-state index in [9.17, 15) is 24.3 Å². The molecule has 160 valence electrons. The molecule has 4 heterocycles. The molecule has 2 amide bonds. The maximum absolute atomic E-state index is 13.1. The second-order valence-electron chi connectivity index (χ2n) is 8.01. The smallest absolute Gasteiger partial charge is 0.325 e. The Balaban J connectivity index is 1.57. The predicted octanol–water partition coefficient (Wildman–Crippen LogP) is -0.285. The summed E-state index contributed by atoms with van der Waals surface area (Å²) in [4.78, 5) is 57.0. The third kappa shape index (κ3) is 3.58. The van der Waals surface area contributed by atoms with Crippen molar-refractivity contribution in [1.82, 2.24) is 19.8 Å². The summed E-state index contributed by atoms with van der Waals surface area (Å²) in [7, 11) is 0. The lowest BCUT2D eigenvalue weighted by molar-refractivity contribution is -0.145. The molecule has 30 heavy (non-hydrogen) atoms. The minimum Gasteiger partial charge on any atom is -0.472 e. The summed E-state index contributed by atoms with van der Waals surface area (Å²) in [6, 6.07) is 1.25. The summed E-state index contributed by atoms with van der Waals surface area (Å²) in [5.74, 6) is -0.446. The van der Waals surface area contributed by atoms with Gasteiger partial charge in [-0.15, -0.1) is 0 Å². The van der Waals surface area contributed by atoms with E-state index in [0.29, 0.717) is 31.6 Å². The number of aliphatic hydroxyl groups excluding tert-OH is 1.